The molecule has 1 heterocycles. The molecule has 1 aliphatic heterocycles. The van der Waals surface area contributed by atoms with Crippen LogP contribution in [0.25, 0.3) is 0 Å². The standard InChI is InChI=1S/C25H25NO6S/c1-28-19-11-10-15(12-18(19)27)22-24(32-17-8-6-5-7-9-17)25(33)26(22)16-13-20(29-2)23(31-4)21(14-16)30-3/h5-14,22,24,27H,1-4H3/t22-,24+/m1/s1. The molecule has 0 aromatic heterocycles. The van der Waals surface area contributed by atoms with Gasteiger partial charge >= 0.3 is 0 Å². The fourth-order valence-electron chi connectivity index (χ4n) is 3.93. The number of rotatable bonds is 8. The van der Waals surface area contributed by atoms with Crippen LogP contribution in [0.4, 0.5) is 5.69 Å². The van der Waals surface area contributed by atoms with E-state index in [9.17, 15) is 5.11 Å². The molecule has 3 aromatic rings. The Morgan fingerprint density at radius 1 is 0.788 bits per heavy atom. The molecule has 0 spiro atoms. The molecule has 0 aliphatic carbocycles. The van der Waals surface area contributed by atoms with Gasteiger partial charge in [-0.25, -0.2) is 0 Å². The number of phenols is 1. The third kappa shape index (κ3) is 4.09. The Labute approximate surface area is 198 Å². The molecular weight excluding hydrogens is 442 g/mol. The zero-order valence-corrected chi connectivity index (χ0v) is 19.6. The van der Waals surface area contributed by atoms with Crippen molar-refractivity contribution in [2.75, 3.05) is 33.3 Å². The van der Waals surface area contributed by atoms with Gasteiger partial charge in [-0.2, -0.15) is 0 Å². The Morgan fingerprint density at radius 3 is 1.97 bits per heavy atom. The summed E-state index contributed by atoms with van der Waals surface area (Å²) < 4.78 is 28.0. The molecule has 0 radical (unpaired) electrons. The molecule has 0 unspecified atom stereocenters. The first-order valence-electron chi connectivity index (χ1n) is 10.2. The van der Waals surface area contributed by atoms with Crippen molar-refractivity contribution in [2.45, 2.75) is 12.1 Å². The summed E-state index contributed by atoms with van der Waals surface area (Å²) in [7, 11) is 6.20. The molecule has 1 N–H and O–H groups in total. The van der Waals surface area contributed by atoms with Crippen molar-refractivity contribution in [3.05, 3.63) is 66.2 Å². The lowest BCUT2D eigenvalue weighted by atomic mass is 9.90. The lowest BCUT2D eigenvalue weighted by Crippen LogP contribution is -2.60. The molecule has 2 atom stereocenters. The summed E-state index contributed by atoms with van der Waals surface area (Å²) in [5.41, 5.74) is 1.57. The molecule has 7 nitrogen and oxygen atoms in total. The number of hydrogen-bond acceptors (Lipinski definition) is 7. The van der Waals surface area contributed by atoms with Gasteiger partial charge in [0.2, 0.25) is 5.75 Å². The fourth-order valence-corrected chi connectivity index (χ4v) is 4.33. The predicted molar refractivity (Wildman–Crippen MR) is 129 cm³/mol. The average Bonchev–Trinajstić information content (AvgIpc) is 2.85. The summed E-state index contributed by atoms with van der Waals surface area (Å²) in [4.78, 5) is 2.54. The van der Waals surface area contributed by atoms with Crippen molar-refractivity contribution < 1.29 is 28.8 Å². The van der Waals surface area contributed by atoms with E-state index in [0.29, 0.717) is 33.7 Å². The lowest BCUT2D eigenvalue weighted by Gasteiger charge is -2.49. The summed E-state index contributed by atoms with van der Waals surface area (Å²) >= 11 is 5.79. The van der Waals surface area contributed by atoms with Crippen LogP contribution in [-0.2, 0) is 0 Å². The molecule has 1 fully saturated rings. The molecular formula is C25H25NO6S. The number of hydrogen-bond donors (Lipinski definition) is 1. The number of anilines is 1. The van der Waals surface area contributed by atoms with E-state index < -0.39 is 6.10 Å². The lowest BCUT2D eigenvalue weighted by molar-refractivity contribution is 0.207. The van der Waals surface area contributed by atoms with Gasteiger partial charge in [0, 0.05) is 12.1 Å². The van der Waals surface area contributed by atoms with E-state index in [-0.39, 0.29) is 11.8 Å². The van der Waals surface area contributed by atoms with Gasteiger partial charge in [-0.3, -0.25) is 0 Å². The van der Waals surface area contributed by atoms with Crippen molar-refractivity contribution in [3.8, 4) is 34.5 Å². The van der Waals surface area contributed by atoms with E-state index in [1.54, 1.807) is 33.5 Å². The third-order valence-electron chi connectivity index (χ3n) is 5.52. The molecule has 3 aromatic carbocycles. The predicted octanol–water partition coefficient (Wildman–Crippen LogP) is 4.76. The zero-order valence-electron chi connectivity index (χ0n) is 18.8. The van der Waals surface area contributed by atoms with Gasteiger partial charge in [0.25, 0.3) is 0 Å². The molecule has 1 saturated heterocycles. The van der Waals surface area contributed by atoms with Crippen LogP contribution < -0.4 is 28.6 Å². The second-order valence-electron chi connectivity index (χ2n) is 7.32. The number of methoxy groups -OCH3 is 4. The van der Waals surface area contributed by atoms with Crippen LogP contribution in [0.5, 0.6) is 34.5 Å². The van der Waals surface area contributed by atoms with E-state index in [1.807, 2.05) is 53.4 Å². The molecule has 0 saturated carbocycles. The van der Waals surface area contributed by atoms with Crippen molar-refractivity contribution in [3.63, 3.8) is 0 Å². The normalized spacial score (nSPS) is 17.2. The maximum absolute atomic E-state index is 10.4. The number of benzene rings is 3. The van der Waals surface area contributed by atoms with Crippen LogP contribution in [-0.4, -0.2) is 44.6 Å². The zero-order chi connectivity index (χ0) is 23.5. The Bertz CT molecular complexity index is 1130. The SMILES string of the molecule is COc1ccc([C@@H]2[C@H](Oc3ccccc3)C(=S)N2c2cc(OC)c(OC)c(OC)c2)cc1O. The van der Waals surface area contributed by atoms with Crippen LogP contribution in [0.15, 0.2) is 60.7 Å². The topological polar surface area (TPSA) is 69.6 Å². The highest BCUT2D eigenvalue weighted by atomic mass is 32.1. The first-order chi connectivity index (χ1) is 16.0. The summed E-state index contributed by atoms with van der Waals surface area (Å²) in [6.07, 6.45) is -0.422. The highest BCUT2D eigenvalue weighted by molar-refractivity contribution is 7.80. The molecule has 4 rings (SSSR count). The minimum absolute atomic E-state index is 0.0381. The van der Waals surface area contributed by atoms with Gasteiger partial charge in [-0.05, 0) is 29.8 Å². The van der Waals surface area contributed by atoms with Gasteiger partial charge in [-0.15, -0.1) is 0 Å². The molecule has 172 valence electrons. The van der Waals surface area contributed by atoms with E-state index in [1.165, 1.54) is 7.11 Å². The quantitative estimate of drug-likeness (QED) is 0.476. The average molecular weight is 468 g/mol. The maximum Gasteiger partial charge on any atom is 0.203 e. The Kier molecular flexibility index (Phi) is 6.46. The van der Waals surface area contributed by atoms with E-state index in [0.717, 1.165) is 11.3 Å². The Morgan fingerprint density at radius 2 is 1.42 bits per heavy atom. The van der Waals surface area contributed by atoms with Crippen molar-refractivity contribution in [1.29, 1.82) is 0 Å². The first kappa shape index (κ1) is 22.5. The molecule has 1 aliphatic rings. The number of ether oxygens (including phenoxy) is 5. The van der Waals surface area contributed by atoms with E-state index >= 15 is 0 Å². The largest absolute Gasteiger partial charge is 0.504 e. The summed E-state index contributed by atoms with van der Waals surface area (Å²) in [6.45, 7) is 0. The monoisotopic (exact) mass is 467 g/mol. The van der Waals surface area contributed by atoms with Gasteiger partial charge in [0.1, 0.15) is 16.8 Å². The number of aromatic hydroxyl groups is 1. The van der Waals surface area contributed by atoms with Crippen molar-refractivity contribution >= 4 is 22.9 Å². The van der Waals surface area contributed by atoms with Gasteiger partial charge in [-0.1, -0.05) is 36.5 Å². The van der Waals surface area contributed by atoms with Crippen LogP contribution in [0, 0.1) is 0 Å². The van der Waals surface area contributed by atoms with Gasteiger partial charge in [0.05, 0.1) is 34.1 Å². The van der Waals surface area contributed by atoms with Crippen LogP contribution in [0.3, 0.4) is 0 Å². The minimum Gasteiger partial charge on any atom is -0.504 e. The second kappa shape index (κ2) is 9.46. The summed E-state index contributed by atoms with van der Waals surface area (Å²) in [5.74, 6) is 2.65. The molecule has 8 heteroatoms. The molecule has 33 heavy (non-hydrogen) atoms. The Hall–Kier alpha value is -3.65. The second-order valence-corrected chi connectivity index (χ2v) is 7.74. The first-order valence-corrected chi connectivity index (χ1v) is 10.6. The highest BCUT2D eigenvalue weighted by Gasteiger charge is 2.48. The number of para-hydroxylation sites is 1. The molecule has 0 bridgehead atoms. The number of thiocarbonyl (C=S) groups is 1. The Balaban J connectivity index is 1.78. The third-order valence-corrected chi connectivity index (χ3v) is 5.95. The van der Waals surface area contributed by atoms with Crippen molar-refractivity contribution in [2.24, 2.45) is 0 Å². The minimum atomic E-state index is -0.422. The summed E-state index contributed by atoms with van der Waals surface area (Å²) in [6, 6.07) is 18.1. The van der Waals surface area contributed by atoms with Crippen molar-refractivity contribution in [1.82, 2.24) is 0 Å². The summed E-state index contributed by atoms with van der Waals surface area (Å²) in [5, 5.41) is 10.4. The number of nitrogens with zero attached hydrogens (tertiary/aromatic N) is 1. The van der Waals surface area contributed by atoms with Crippen LogP contribution in [0.2, 0.25) is 0 Å². The van der Waals surface area contributed by atoms with Crippen LogP contribution >= 0.6 is 12.2 Å². The van der Waals surface area contributed by atoms with E-state index in [4.69, 9.17) is 35.9 Å². The smallest absolute Gasteiger partial charge is 0.203 e. The highest BCUT2D eigenvalue weighted by Crippen LogP contribution is 2.48. The van der Waals surface area contributed by atoms with Crippen LogP contribution in [0.1, 0.15) is 11.6 Å². The fraction of sp³-hybridized carbons (Fsp3) is 0.240. The maximum atomic E-state index is 10.4. The van der Waals surface area contributed by atoms with E-state index in [2.05, 4.69) is 0 Å². The number of phenolic OH excluding ortho intramolecular Hbond substituents is 1. The van der Waals surface area contributed by atoms with Gasteiger partial charge < -0.3 is 33.7 Å². The van der Waals surface area contributed by atoms with Gasteiger partial charge in [0.15, 0.2) is 29.1 Å². The molecule has 0 amide bonds.